The first kappa shape index (κ1) is 18.9. The lowest BCUT2D eigenvalue weighted by Gasteiger charge is -2.48. The molecule has 2 aliphatic heterocycles. The summed E-state index contributed by atoms with van der Waals surface area (Å²) >= 11 is 0. The number of likely N-dealkylation sites (tertiary alicyclic amines) is 2. The van der Waals surface area contributed by atoms with E-state index in [1.807, 2.05) is 50.4 Å². The second kappa shape index (κ2) is 7.02. The van der Waals surface area contributed by atoms with Crippen molar-refractivity contribution in [2.75, 3.05) is 26.7 Å². The number of amides is 2. The van der Waals surface area contributed by atoms with Crippen molar-refractivity contribution in [2.24, 2.45) is 5.41 Å². The lowest BCUT2D eigenvalue weighted by molar-refractivity contribution is -0.143. The van der Waals surface area contributed by atoms with Gasteiger partial charge in [0.05, 0.1) is 11.7 Å². The Kier molecular flexibility index (Phi) is 5.10. The molecule has 1 N–H and O–H groups in total. The first-order chi connectivity index (χ1) is 12.2. The molecule has 2 aliphatic rings. The third kappa shape index (κ3) is 3.77. The summed E-state index contributed by atoms with van der Waals surface area (Å²) in [5.74, 6) is 0.287. The Morgan fingerprint density at radius 3 is 2.58 bits per heavy atom. The van der Waals surface area contributed by atoms with E-state index >= 15 is 0 Å². The zero-order chi connectivity index (χ0) is 19.1. The summed E-state index contributed by atoms with van der Waals surface area (Å²) < 4.78 is 1.90. The van der Waals surface area contributed by atoms with Crippen molar-refractivity contribution in [1.82, 2.24) is 24.9 Å². The second-order valence-electron chi connectivity index (χ2n) is 8.45. The van der Waals surface area contributed by atoms with Crippen LogP contribution in [-0.2, 0) is 16.1 Å². The topological polar surface area (TPSA) is 70.5 Å². The molecule has 3 heterocycles. The van der Waals surface area contributed by atoms with E-state index in [9.17, 15) is 9.59 Å². The van der Waals surface area contributed by atoms with Gasteiger partial charge in [-0.2, -0.15) is 5.10 Å². The number of hydrogen-bond acceptors (Lipinski definition) is 4. The Morgan fingerprint density at radius 2 is 2.00 bits per heavy atom. The molecule has 1 unspecified atom stereocenters. The summed E-state index contributed by atoms with van der Waals surface area (Å²) in [6.07, 6.45) is 1.31. The van der Waals surface area contributed by atoms with Crippen molar-refractivity contribution in [2.45, 2.75) is 59.2 Å². The van der Waals surface area contributed by atoms with E-state index in [2.05, 4.69) is 15.3 Å². The molecule has 7 heteroatoms. The predicted molar refractivity (Wildman–Crippen MR) is 99.6 cm³/mol. The van der Waals surface area contributed by atoms with Gasteiger partial charge in [-0.15, -0.1) is 0 Å². The number of carbonyl (C=O) groups excluding carboxylic acids is 2. The lowest BCUT2D eigenvalue weighted by atomic mass is 9.77. The van der Waals surface area contributed by atoms with E-state index in [-0.39, 0.29) is 29.3 Å². The normalized spacial score (nSPS) is 22.1. The van der Waals surface area contributed by atoms with Crippen molar-refractivity contribution in [1.29, 1.82) is 0 Å². The third-order valence-corrected chi connectivity index (χ3v) is 5.52. The highest BCUT2D eigenvalue weighted by atomic mass is 16.2. The van der Waals surface area contributed by atoms with Crippen LogP contribution in [0.15, 0.2) is 6.07 Å². The molecule has 0 radical (unpaired) electrons. The molecule has 0 bridgehead atoms. The molecule has 3 rings (SSSR count). The first-order valence-corrected chi connectivity index (χ1v) is 9.48. The van der Waals surface area contributed by atoms with Gasteiger partial charge in [-0.25, -0.2) is 0 Å². The molecule has 2 fully saturated rings. The van der Waals surface area contributed by atoms with Crippen LogP contribution in [0.3, 0.4) is 0 Å². The van der Waals surface area contributed by atoms with E-state index in [0.717, 1.165) is 37.4 Å². The molecule has 2 amide bonds. The van der Waals surface area contributed by atoms with E-state index in [4.69, 9.17) is 0 Å². The number of rotatable bonds is 5. The molecular weight excluding hydrogens is 330 g/mol. The van der Waals surface area contributed by atoms with Gasteiger partial charge in [0, 0.05) is 49.8 Å². The van der Waals surface area contributed by atoms with Crippen molar-refractivity contribution in [3.8, 4) is 0 Å². The number of likely N-dealkylation sites (N-methyl/N-ethyl adjacent to an activating group) is 1. The molecule has 26 heavy (non-hydrogen) atoms. The van der Waals surface area contributed by atoms with Gasteiger partial charge in [0.25, 0.3) is 0 Å². The van der Waals surface area contributed by atoms with E-state index in [1.54, 1.807) is 0 Å². The van der Waals surface area contributed by atoms with Crippen molar-refractivity contribution in [3.63, 3.8) is 0 Å². The largest absolute Gasteiger partial charge is 0.353 e. The van der Waals surface area contributed by atoms with Crippen LogP contribution in [0, 0.1) is 19.3 Å². The SMILES string of the molecule is Cc1cc(C)n(CCC(=O)N2CC3(CC(C(=O)NC(C)C)N(C)C3)C2)n1. The predicted octanol–water partition coefficient (Wildman–Crippen LogP) is 0.947. The molecule has 7 nitrogen and oxygen atoms in total. The molecule has 144 valence electrons. The number of hydrogen-bond donors (Lipinski definition) is 1. The third-order valence-electron chi connectivity index (χ3n) is 5.52. The van der Waals surface area contributed by atoms with Crippen LogP contribution in [0.5, 0.6) is 0 Å². The summed E-state index contributed by atoms with van der Waals surface area (Å²) in [5.41, 5.74) is 2.16. The molecule has 1 spiro atoms. The Hall–Kier alpha value is -1.89. The Morgan fingerprint density at radius 1 is 1.31 bits per heavy atom. The fourth-order valence-electron chi connectivity index (χ4n) is 4.37. The Labute approximate surface area is 155 Å². The van der Waals surface area contributed by atoms with E-state index < -0.39 is 0 Å². The zero-order valence-corrected chi connectivity index (χ0v) is 16.6. The number of carbonyl (C=O) groups is 2. The molecule has 0 aromatic carbocycles. The molecular formula is C19H31N5O2. The van der Waals surface area contributed by atoms with Gasteiger partial charge in [-0.3, -0.25) is 19.2 Å². The molecule has 1 atom stereocenters. The number of nitrogens with one attached hydrogen (secondary N) is 1. The smallest absolute Gasteiger partial charge is 0.237 e. The highest BCUT2D eigenvalue weighted by Crippen LogP contribution is 2.42. The minimum absolute atomic E-state index is 0.0793. The Bertz CT molecular complexity index is 690. The molecule has 0 aliphatic carbocycles. The molecule has 1 aromatic heterocycles. The minimum atomic E-state index is -0.0793. The van der Waals surface area contributed by atoms with Crippen LogP contribution >= 0.6 is 0 Å². The molecule has 1 aromatic rings. The summed E-state index contributed by atoms with van der Waals surface area (Å²) in [4.78, 5) is 28.9. The van der Waals surface area contributed by atoms with Crippen molar-refractivity contribution in [3.05, 3.63) is 17.5 Å². The monoisotopic (exact) mass is 361 g/mol. The zero-order valence-electron chi connectivity index (χ0n) is 16.6. The highest BCUT2D eigenvalue weighted by molar-refractivity contribution is 5.83. The van der Waals surface area contributed by atoms with Gasteiger partial charge < -0.3 is 10.2 Å². The van der Waals surface area contributed by atoms with Gasteiger partial charge >= 0.3 is 0 Å². The van der Waals surface area contributed by atoms with Gasteiger partial charge in [-0.1, -0.05) is 0 Å². The van der Waals surface area contributed by atoms with Gasteiger partial charge in [-0.05, 0) is 47.2 Å². The van der Waals surface area contributed by atoms with Crippen LogP contribution in [0.1, 0.15) is 38.1 Å². The summed E-state index contributed by atoms with van der Waals surface area (Å²) in [5, 5.41) is 7.42. The number of aromatic nitrogens is 2. The van der Waals surface area contributed by atoms with Crippen molar-refractivity contribution < 1.29 is 9.59 Å². The second-order valence-corrected chi connectivity index (χ2v) is 8.45. The first-order valence-electron chi connectivity index (χ1n) is 9.48. The van der Waals surface area contributed by atoms with E-state index in [0.29, 0.717) is 13.0 Å². The van der Waals surface area contributed by atoms with Crippen molar-refractivity contribution >= 4 is 11.8 Å². The van der Waals surface area contributed by atoms with Crippen LogP contribution in [0.4, 0.5) is 0 Å². The van der Waals surface area contributed by atoms with Crippen LogP contribution < -0.4 is 5.32 Å². The van der Waals surface area contributed by atoms with Crippen LogP contribution in [0.25, 0.3) is 0 Å². The summed E-state index contributed by atoms with van der Waals surface area (Å²) in [6.45, 7) is 11.0. The number of nitrogens with zero attached hydrogens (tertiary/aromatic N) is 4. The minimum Gasteiger partial charge on any atom is -0.353 e. The van der Waals surface area contributed by atoms with Gasteiger partial charge in [0.2, 0.25) is 11.8 Å². The van der Waals surface area contributed by atoms with Gasteiger partial charge in [0.15, 0.2) is 0 Å². The summed E-state index contributed by atoms with van der Waals surface area (Å²) in [6, 6.07) is 2.10. The van der Waals surface area contributed by atoms with Crippen LogP contribution in [0.2, 0.25) is 0 Å². The van der Waals surface area contributed by atoms with Crippen LogP contribution in [-0.4, -0.2) is 70.2 Å². The average Bonchev–Trinajstić information content (AvgIpc) is 3.02. The quantitative estimate of drug-likeness (QED) is 0.848. The molecule has 0 saturated carbocycles. The average molecular weight is 361 g/mol. The Balaban J connectivity index is 1.49. The number of aryl methyl sites for hydroxylation is 3. The maximum atomic E-state index is 12.5. The van der Waals surface area contributed by atoms with Gasteiger partial charge in [0.1, 0.15) is 0 Å². The standard InChI is InChI=1S/C19H31N5O2/c1-13(2)20-18(26)16-9-19(10-22(16)5)11-23(12-19)17(25)6-7-24-15(4)8-14(3)21-24/h8,13,16H,6-7,9-12H2,1-5H3,(H,20,26). The molecule has 2 saturated heterocycles. The summed E-state index contributed by atoms with van der Waals surface area (Å²) in [7, 11) is 2.01. The lowest BCUT2D eigenvalue weighted by Crippen LogP contribution is -2.59. The maximum absolute atomic E-state index is 12.5. The fourth-order valence-corrected chi connectivity index (χ4v) is 4.37. The highest BCUT2D eigenvalue weighted by Gasteiger charge is 2.53. The maximum Gasteiger partial charge on any atom is 0.237 e. The van der Waals surface area contributed by atoms with E-state index in [1.165, 1.54) is 0 Å². The fraction of sp³-hybridized carbons (Fsp3) is 0.737.